The van der Waals surface area contributed by atoms with E-state index in [0.717, 1.165) is 42.4 Å². The average Bonchev–Trinajstić information content (AvgIpc) is 3.43. The van der Waals surface area contributed by atoms with Crippen LogP contribution in [0.15, 0.2) is 71.1 Å². The molecule has 1 aromatic heterocycles. The molecule has 0 spiro atoms. The largest absolute Gasteiger partial charge is 0.480 e. The minimum atomic E-state index is -1.01. The summed E-state index contributed by atoms with van der Waals surface area (Å²) in [5.74, 6) is -0.584. The highest BCUT2D eigenvalue weighted by atomic mass is 16.4. The van der Waals surface area contributed by atoms with Crippen LogP contribution in [0, 0.1) is 0 Å². The summed E-state index contributed by atoms with van der Waals surface area (Å²) >= 11 is 0. The zero-order chi connectivity index (χ0) is 20.2. The normalized spacial score (nSPS) is 14.1. The summed E-state index contributed by atoms with van der Waals surface area (Å²) in [4.78, 5) is 26.1. The van der Waals surface area contributed by atoms with Gasteiger partial charge in [-0.15, -0.1) is 0 Å². The minimum absolute atomic E-state index is 0.0518. The molecule has 0 bridgehead atoms. The summed E-state index contributed by atoms with van der Waals surface area (Å²) in [6.45, 7) is -0.314. The smallest absolute Gasteiger partial charge is 0.323 e. The zero-order valence-electron chi connectivity index (χ0n) is 16.1. The Bertz CT molecular complexity index is 931. The molecule has 1 N–H and O–H groups in total. The summed E-state index contributed by atoms with van der Waals surface area (Å²) in [6, 6.07) is 21.1. The van der Waals surface area contributed by atoms with Crippen LogP contribution in [-0.4, -0.2) is 34.5 Å². The summed E-state index contributed by atoms with van der Waals surface area (Å²) in [5.41, 5.74) is 2.64. The lowest BCUT2D eigenvalue weighted by Crippen LogP contribution is -2.42. The Labute approximate surface area is 169 Å². The van der Waals surface area contributed by atoms with Gasteiger partial charge in [0, 0.05) is 17.2 Å². The van der Waals surface area contributed by atoms with E-state index < -0.39 is 5.97 Å². The molecule has 0 aliphatic heterocycles. The van der Waals surface area contributed by atoms with Crippen molar-refractivity contribution >= 4 is 11.9 Å². The molecule has 5 heteroatoms. The van der Waals surface area contributed by atoms with Crippen LogP contribution in [0.25, 0.3) is 22.5 Å². The van der Waals surface area contributed by atoms with Crippen LogP contribution in [0.5, 0.6) is 0 Å². The van der Waals surface area contributed by atoms with Gasteiger partial charge in [-0.05, 0) is 24.5 Å². The van der Waals surface area contributed by atoms with Gasteiger partial charge in [0.2, 0.25) is 0 Å². The van der Waals surface area contributed by atoms with Crippen LogP contribution in [0.4, 0.5) is 0 Å². The van der Waals surface area contributed by atoms with Crippen molar-refractivity contribution in [2.45, 2.75) is 31.7 Å². The molecule has 3 aromatic rings. The zero-order valence-corrected chi connectivity index (χ0v) is 16.1. The van der Waals surface area contributed by atoms with E-state index in [0.29, 0.717) is 5.76 Å². The first-order valence-corrected chi connectivity index (χ1v) is 9.91. The van der Waals surface area contributed by atoms with Gasteiger partial charge in [-0.25, -0.2) is 0 Å². The molecular formula is C24H23NO4. The first-order valence-electron chi connectivity index (χ1n) is 9.91. The molecule has 148 valence electrons. The van der Waals surface area contributed by atoms with Gasteiger partial charge in [-0.1, -0.05) is 73.5 Å². The number of carbonyl (C=O) groups excluding carboxylic acids is 1. The standard InChI is InChI=1S/C24H23NO4/c26-22(27)16-25(19-13-7-8-14-19)24(28)21-15-20(17-9-3-1-4-10-17)23(29-21)18-11-5-2-6-12-18/h1-6,9-12,15,19H,7-8,13-14,16H2,(H,26,27). The highest BCUT2D eigenvalue weighted by Crippen LogP contribution is 2.36. The Morgan fingerprint density at radius 3 is 2.10 bits per heavy atom. The van der Waals surface area contributed by atoms with Crippen LogP contribution in [-0.2, 0) is 4.79 Å². The Morgan fingerprint density at radius 2 is 1.52 bits per heavy atom. The van der Waals surface area contributed by atoms with Crippen molar-refractivity contribution in [2.75, 3.05) is 6.54 Å². The maximum Gasteiger partial charge on any atom is 0.323 e. The van der Waals surface area contributed by atoms with E-state index in [9.17, 15) is 14.7 Å². The van der Waals surface area contributed by atoms with Gasteiger partial charge < -0.3 is 14.4 Å². The van der Waals surface area contributed by atoms with E-state index >= 15 is 0 Å². The van der Waals surface area contributed by atoms with Gasteiger partial charge in [0.15, 0.2) is 5.76 Å². The third-order valence-electron chi connectivity index (χ3n) is 5.40. The Morgan fingerprint density at radius 1 is 0.931 bits per heavy atom. The SMILES string of the molecule is O=C(O)CN(C(=O)c1cc(-c2ccccc2)c(-c2ccccc2)o1)C1CCCC1. The third-order valence-corrected chi connectivity index (χ3v) is 5.40. The second kappa shape index (κ2) is 8.35. The lowest BCUT2D eigenvalue weighted by molar-refractivity contribution is -0.138. The van der Waals surface area contributed by atoms with Crippen molar-refractivity contribution < 1.29 is 19.1 Å². The Balaban J connectivity index is 1.76. The summed E-state index contributed by atoms with van der Waals surface area (Å²) < 4.78 is 6.06. The molecule has 0 saturated heterocycles. The molecular weight excluding hydrogens is 366 g/mol. The first kappa shape index (κ1) is 19.0. The predicted octanol–water partition coefficient (Wildman–Crippen LogP) is 5.08. The van der Waals surface area contributed by atoms with Gasteiger partial charge in [0.25, 0.3) is 5.91 Å². The molecule has 4 rings (SSSR count). The van der Waals surface area contributed by atoms with Crippen LogP contribution in [0.1, 0.15) is 36.2 Å². The number of carboxylic acid groups (broad SMARTS) is 1. The molecule has 2 aromatic carbocycles. The molecule has 29 heavy (non-hydrogen) atoms. The Hall–Kier alpha value is -3.34. The van der Waals surface area contributed by atoms with Gasteiger partial charge in [-0.3, -0.25) is 9.59 Å². The number of carbonyl (C=O) groups is 2. The number of furan rings is 1. The average molecular weight is 389 g/mol. The first-order chi connectivity index (χ1) is 14.1. The van der Waals surface area contributed by atoms with Crippen LogP contribution < -0.4 is 0 Å². The fourth-order valence-corrected chi connectivity index (χ4v) is 4.00. The number of nitrogens with zero attached hydrogens (tertiary/aromatic N) is 1. The minimum Gasteiger partial charge on any atom is -0.480 e. The van der Waals surface area contributed by atoms with Crippen molar-refractivity contribution in [1.29, 1.82) is 0 Å². The van der Waals surface area contributed by atoms with E-state index in [1.54, 1.807) is 6.07 Å². The molecule has 1 aliphatic rings. The van der Waals surface area contributed by atoms with Crippen LogP contribution in [0.2, 0.25) is 0 Å². The van der Waals surface area contributed by atoms with Gasteiger partial charge in [0.1, 0.15) is 12.3 Å². The van der Waals surface area contributed by atoms with Crippen molar-refractivity contribution in [3.63, 3.8) is 0 Å². The van der Waals surface area contributed by atoms with Gasteiger partial charge in [-0.2, -0.15) is 0 Å². The predicted molar refractivity (Wildman–Crippen MR) is 111 cm³/mol. The molecule has 0 unspecified atom stereocenters. The number of aliphatic carboxylic acids is 1. The number of hydrogen-bond donors (Lipinski definition) is 1. The molecule has 1 aliphatic carbocycles. The maximum atomic E-state index is 13.3. The number of rotatable bonds is 6. The highest BCUT2D eigenvalue weighted by molar-refractivity contribution is 5.97. The van der Waals surface area contributed by atoms with Crippen molar-refractivity contribution in [3.05, 3.63) is 72.5 Å². The fraction of sp³-hybridized carbons (Fsp3) is 0.250. The lowest BCUT2D eigenvalue weighted by atomic mass is 10.0. The number of carboxylic acids is 1. The third kappa shape index (κ3) is 4.09. The molecule has 5 nitrogen and oxygen atoms in total. The molecule has 0 atom stereocenters. The summed E-state index contributed by atoms with van der Waals surface area (Å²) in [5, 5.41) is 9.33. The van der Waals surface area contributed by atoms with E-state index in [2.05, 4.69) is 0 Å². The molecule has 1 fully saturated rings. The Kier molecular flexibility index (Phi) is 5.47. The molecule has 0 radical (unpaired) electrons. The molecule has 1 saturated carbocycles. The lowest BCUT2D eigenvalue weighted by Gasteiger charge is -2.26. The highest BCUT2D eigenvalue weighted by Gasteiger charge is 2.31. The van der Waals surface area contributed by atoms with Crippen molar-refractivity contribution in [1.82, 2.24) is 4.90 Å². The molecule has 1 amide bonds. The number of benzene rings is 2. The van der Waals surface area contributed by atoms with Gasteiger partial charge in [0.05, 0.1) is 0 Å². The number of amides is 1. The van der Waals surface area contributed by atoms with Gasteiger partial charge >= 0.3 is 5.97 Å². The second-order valence-corrected chi connectivity index (χ2v) is 7.35. The van der Waals surface area contributed by atoms with Crippen LogP contribution in [0.3, 0.4) is 0 Å². The molecule has 1 heterocycles. The summed E-state index contributed by atoms with van der Waals surface area (Å²) in [7, 11) is 0. The van der Waals surface area contributed by atoms with E-state index in [1.165, 1.54) is 4.90 Å². The van der Waals surface area contributed by atoms with E-state index in [4.69, 9.17) is 4.42 Å². The van der Waals surface area contributed by atoms with Crippen molar-refractivity contribution in [3.8, 4) is 22.5 Å². The fourth-order valence-electron chi connectivity index (χ4n) is 4.00. The maximum absolute atomic E-state index is 13.3. The quantitative estimate of drug-likeness (QED) is 0.638. The topological polar surface area (TPSA) is 70.8 Å². The van der Waals surface area contributed by atoms with Crippen LogP contribution >= 0.6 is 0 Å². The monoisotopic (exact) mass is 389 g/mol. The number of hydrogen-bond acceptors (Lipinski definition) is 3. The second-order valence-electron chi connectivity index (χ2n) is 7.35. The van der Waals surface area contributed by atoms with E-state index in [1.807, 2.05) is 60.7 Å². The van der Waals surface area contributed by atoms with E-state index in [-0.39, 0.29) is 24.3 Å². The summed E-state index contributed by atoms with van der Waals surface area (Å²) in [6.07, 6.45) is 3.68. The van der Waals surface area contributed by atoms with Crippen molar-refractivity contribution in [2.24, 2.45) is 0 Å².